The molecule has 1 aromatic heterocycles. The number of aromatic nitrogens is 2. The molecule has 0 fully saturated rings. The maximum Gasteiger partial charge on any atom is 0.135 e. The van der Waals surface area contributed by atoms with E-state index in [1.165, 1.54) is 0 Å². The smallest absolute Gasteiger partial charge is 0.135 e. The van der Waals surface area contributed by atoms with E-state index in [0.717, 1.165) is 43.2 Å². The van der Waals surface area contributed by atoms with Crippen LogP contribution in [0.15, 0.2) is 6.33 Å². The third-order valence-corrected chi connectivity index (χ3v) is 2.74. The summed E-state index contributed by atoms with van der Waals surface area (Å²) in [6.07, 6.45) is 3.64. The molecular formula is C14H26N4O. The van der Waals surface area contributed by atoms with E-state index in [0.29, 0.717) is 6.61 Å². The lowest BCUT2D eigenvalue weighted by atomic mass is 10.1. The largest absolute Gasteiger partial charge is 0.380 e. The average Bonchev–Trinajstić information content (AvgIpc) is 2.40. The van der Waals surface area contributed by atoms with E-state index in [1.807, 2.05) is 6.92 Å². The Kier molecular flexibility index (Phi) is 7.18. The molecule has 1 aromatic rings. The Morgan fingerprint density at radius 2 is 1.95 bits per heavy atom. The van der Waals surface area contributed by atoms with E-state index in [1.54, 1.807) is 6.33 Å². The maximum absolute atomic E-state index is 5.42. The third kappa shape index (κ3) is 5.03. The molecule has 0 aliphatic heterocycles. The van der Waals surface area contributed by atoms with Gasteiger partial charge in [-0.3, -0.25) is 0 Å². The zero-order chi connectivity index (χ0) is 14.1. The van der Waals surface area contributed by atoms with Gasteiger partial charge in [-0.15, -0.1) is 0 Å². The Labute approximate surface area is 116 Å². The van der Waals surface area contributed by atoms with Gasteiger partial charge in [0.15, 0.2) is 0 Å². The molecule has 0 saturated heterocycles. The average molecular weight is 266 g/mol. The number of rotatable bonds is 9. The third-order valence-electron chi connectivity index (χ3n) is 2.74. The highest BCUT2D eigenvalue weighted by atomic mass is 16.5. The van der Waals surface area contributed by atoms with Crippen molar-refractivity contribution in [2.75, 3.05) is 30.4 Å². The minimum atomic E-state index is 0.236. The molecule has 0 aromatic carbocycles. The zero-order valence-corrected chi connectivity index (χ0v) is 12.5. The Hall–Kier alpha value is -1.36. The second-order valence-electron chi connectivity index (χ2n) is 4.53. The van der Waals surface area contributed by atoms with Crippen LogP contribution in [0.3, 0.4) is 0 Å². The predicted molar refractivity (Wildman–Crippen MR) is 79.8 cm³/mol. The summed E-state index contributed by atoms with van der Waals surface area (Å²) in [5, 5.41) is 6.71. The van der Waals surface area contributed by atoms with Crippen molar-refractivity contribution in [1.29, 1.82) is 0 Å². The van der Waals surface area contributed by atoms with Crippen molar-refractivity contribution in [2.45, 2.75) is 46.6 Å². The lowest BCUT2D eigenvalue weighted by Gasteiger charge is -2.18. The monoisotopic (exact) mass is 266 g/mol. The van der Waals surface area contributed by atoms with Crippen LogP contribution in [0.1, 0.15) is 39.7 Å². The fourth-order valence-electron chi connectivity index (χ4n) is 1.91. The molecule has 19 heavy (non-hydrogen) atoms. The van der Waals surface area contributed by atoms with Crippen LogP contribution in [0.5, 0.6) is 0 Å². The summed E-state index contributed by atoms with van der Waals surface area (Å²) in [7, 11) is 0. The van der Waals surface area contributed by atoms with Crippen LogP contribution >= 0.6 is 0 Å². The fourth-order valence-corrected chi connectivity index (χ4v) is 1.91. The Morgan fingerprint density at radius 1 is 1.21 bits per heavy atom. The van der Waals surface area contributed by atoms with Gasteiger partial charge >= 0.3 is 0 Å². The van der Waals surface area contributed by atoms with Crippen LogP contribution in [-0.2, 0) is 11.2 Å². The molecule has 0 spiro atoms. The number of ether oxygens (including phenoxy) is 1. The van der Waals surface area contributed by atoms with Gasteiger partial charge in [-0.25, -0.2) is 9.97 Å². The van der Waals surface area contributed by atoms with Crippen molar-refractivity contribution in [3.8, 4) is 0 Å². The molecule has 1 heterocycles. The molecule has 0 radical (unpaired) electrons. The van der Waals surface area contributed by atoms with Crippen molar-refractivity contribution >= 4 is 11.6 Å². The molecular weight excluding hydrogens is 240 g/mol. The zero-order valence-electron chi connectivity index (χ0n) is 12.5. The fraction of sp³-hybridized carbons (Fsp3) is 0.714. The molecule has 0 amide bonds. The molecule has 0 saturated carbocycles. The van der Waals surface area contributed by atoms with Gasteiger partial charge in [0.05, 0.1) is 6.61 Å². The first-order chi connectivity index (χ1) is 9.22. The van der Waals surface area contributed by atoms with Gasteiger partial charge in [0, 0.05) is 24.8 Å². The topological polar surface area (TPSA) is 59.1 Å². The van der Waals surface area contributed by atoms with Crippen LogP contribution < -0.4 is 10.6 Å². The number of anilines is 2. The molecule has 0 aliphatic carbocycles. The molecule has 108 valence electrons. The molecule has 1 unspecified atom stereocenters. The molecule has 0 aliphatic rings. The van der Waals surface area contributed by atoms with Crippen molar-refractivity contribution in [1.82, 2.24) is 9.97 Å². The van der Waals surface area contributed by atoms with Crippen LogP contribution in [0.2, 0.25) is 0 Å². The summed E-state index contributed by atoms with van der Waals surface area (Å²) in [5.74, 6) is 1.85. The maximum atomic E-state index is 5.42. The SMILES string of the molecule is CCCc1c(NCC)ncnc1NC(C)COCC. The van der Waals surface area contributed by atoms with Gasteiger partial charge in [-0.05, 0) is 27.2 Å². The standard InChI is InChI=1S/C14H26N4O/c1-5-8-12-13(15-6-2)16-10-17-14(12)18-11(4)9-19-7-3/h10-11H,5-9H2,1-4H3,(H2,15,16,17,18). The van der Waals surface area contributed by atoms with Gasteiger partial charge in [0.1, 0.15) is 18.0 Å². The van der Waals surface area contributed by atoms with E-state index in [-0.39, 0.29) is 6.04 Å². The molecule has 0 bridgehead atoms. The first kappa shape index (κ1) is 15.7. The summed E-state index contributed by atoms with van der Waals surface area (Å²) in [5.41, 5.74) is 1.16. The second kappa shape index (κ2) is 8.69. The van der Waals surface area contributed by atoms with Gasteiger partial charge in [-0.1, -0.05) is 13.3 Å². The normalized spacial score (nSPS) is 12.2. The molecule has 5 heteroatoms. The van der Waals surface area contributed by atoms with E-state index < -0.39 is 0 Å². The summed E-state index contributed by atoms with van der Waals surface area (Å²) < 4.78 is 5.42. The second-order valence-corrected chi connectivity index (χ2v) is 4.53. The van der Waals surface area contributed by atoms with E-state index in [9.17, 15) is 0 Å². The predicted octanol–water partition coefficient (Wildman–Crippen LogP) is 2.70. The highest BCUT2D eigenvalue weighted by Crippen LogP contribution is 2.22. The van der Waals surface area contributed by atoms with Crippen LogP contribution in [0.4, 0.5) is 11.6 Å². The lowest BCUT2D eigenvalue weighted by Crippen LogP contribution is -2.23. The van der Waals surface area contributed by atoms with E-state index in [4.69, 9.17) is 4.74 Å². The van der Waals surface area contributed by atoms with Crippen LogP contribution in [0.25, 0.3) is 0 Å². The number of hydrogen-bond acceptors (Lipinski definition) is 5. The first-order valence-electron chi connectivity index (χ1n) is 7.14. The number of nitrogens with one attached hydrogen (secondary N) is 2. The van der Waals surface area contributed by atoms with Gasteiger partial charge in [0.25, 0.3) is 0 Å². The Morgan fingerprint density at radius 3 is 2.58 bits per heavy atom. The van der Waals surface area contributed by atoms with Crippen molar-refractivity contribution < 1.29 is 4.74 Å². The Balaban J connectivity index is 2.82. The lowest BCUT2D eigenvalue weighted by molar-refractivity contribution is 0.141. The number of hydrogen-bond donors (Lipinski definition) is 2. The van der Waals surface area contributed by atoms with E-state index >= 15 is 0 Å². The molecule has 1 atom stereocenters. The van der Waals surface area contributed by atoms with Gasteiger partial charge < -0.3 is 15.4 Å². The molecule has 2 N–H and O–H groups in total. The van der Waals surface area contributed by atoms with Gasteiger partial charge in [-0.2, -0.15) is 0 Å². The summed E-state index contributed by atoms with van der Waals surface area (Å²) in [6, 6.07) is 0.236. The summed E-state index contributed by atoms with van der Waals surface area (Å²) >= 11 is 0. The molecule has 5 nitrogen and oxygen atoms in total. The number of nitrogens with zero attached hydrogens (tertiary/aromatic N) is 2. The minimum absolute atomic E-state index is 0.236. The van der Waals surface area contributed by atoms with Crippen LogP contribution in [-0.4, -0.2) is 35.8 Å². The Bertz CT molecular complexity index is 370. The summed E-state index contributed by atoms with van der Waals surface area (Å²) in [4.78, 5) is 8.69. The summed E-state index contributed by atoms with van der Waals surface area (Å²) in [6.45, 7) is 10.6. The highest BCUT2D eigenvalue weighted by Gasteiger charge is 2.12. The van der Waals surface area contributed by atoms with Crippen LogP contribution in [0, 0.1) is 0 Å². The van der Waals surface area contributed by atoms with E-state index in [2.05, 4.69) is 41.4 Å². The highest BCUT2D eigenvalue weighted by molar-refractivity contribution is 5.57. The van der Waals surface area contributed by atoms with Crippen molar-refractivity contribution in [3.63, 3.8) is 0 Å². The van der Waals surface area contributed by atoms with Crippen molar-refractivity contribution in [3.05, 3.63) is 11.9 Å². The molecule has 1 rings (SSSR count). The quantitative estimate of drug-likeness (QED) is 0.719. The van der Waals surface area contributed by atoms with Crippen molar-refractivity contribution in [2.24, 2.45) is 0 Å². The minimum Gasteiger partial charge on any atom is -0.380 e. The first-order valence-corrected chi connectivity index (χ1v) is 7.14. The van der Waals surface area contributed by atoms with Gasteiger partial charge in [0.2, 0.25) is 0 Å².